The summed E-state index contributed by atoms with van der Waals surface area (Å²) in [5, 5.41) is 3.43. The van der Waals surface area contributed by atoms with E-state index in [0.717, 1.165) is 36.7 Å². The lowest BCUT2D eigenvalue weighted by Gasteiger charge is -2.01. The van der Waals surface area contributed by atoms with Gasteiger partial charge in [-0.05, 0) is 31.5 Å². The molecule has 18 heavy (non-hydrogen) atoms. The second kappa shape index (κ2) is 7.39. The van der Waals surface area contributed by atoms with Crippen molar-refractivity contribution < 1.29 is 0 Å². The number of rotatable bonds is 8. The van der Waals surface area contributed by atoms with E-state index in [0.29, 0.717) is 0 Å². The summed E-state index contributed by atoms with van der Waals surface area (Å²) in [6.07, 6.45) is 8.94. The number of hydrogen-bond acceptors (Lipinski definition) is 2. The standard InChI is InChI=1S/C14H20ClN3/c15-8-4-1-2-5-9-16-11-13-12-18-10-6-3-7-14(18)17-13/h3,6-7,10,12,16H,1-2,4-5,8-9,11H2. The van der Waals surface area contributed by atoms with Gasteiger partial charge < -0.3 is 9.72 Å². The lowest BCUT2D eigenvalue weighted by atomic mass is 10.2. The molecule has 1 N–H and O–H groups in total. The zero-order chi connectivity index (χ0) is 12.6. The molecule has 0 saturated heterocycles. The maximum absolute atomic E-state index is 5.63. The van der Waals surface area contributed by atoms with Crippen LogP contribution in [0.15, 0.2) is 30.6 Å². The number of fused-ring (bicyclic) bond motifs is 1. The number of alkyl halides is 1. The summed E-state index contributed by atoms with van der Waals surface area (Å²) in [5.41, 5.74) is 2.11. The van der Waals surface area contributed by atoms with E-state index in [1.54, 1.807) is 0 Å². The summed E-state index contributed by atoms with van der Waals surface area (Å²) in [5.74, 6) is 0.786. The average Bonchev–Trinajstić information content (AvgIpc) is 2.80. The van der Waals surface area contributed by atoms with Gasteiger partial charge in [-0.3, -0.25) is 0 Å². The Morgan fingerprint density at radius 3 is 2.89 bits per heavy atom. The van der Waals surface area contributed by atoms with Crippen molar-refractivity contribution in [1.82, 2.24) is 14.7 Å². The number of imidazole rings is 1. The first kappa shape index (κ1) is 13.4. The van der Waals surface area contributed by atoms with Crippen molar-refractivity contribution in [3.05, 3.63) is 36.3 Å². The van der Waals surface area contributed by atoms with Crippen LogP contribution < -0.4 is 5.32 Å². The first-order valence-electron chi connectivity index (χ1n) is 6.59. The molecule has 2 aromatic rings. The Hall–Kier alpha value is -1.06. The SMILES string of the molecule is ClCCCCCCNCc1cn2ccccc2n1. The molecule has 0 fully saturated rings. The fraction of sp³-hybridized carbons (Fsp3) is 0.500. The van der Waals surface area contributed by atoms with Gasteiger partial charge in [0.1, 0.15) is 5.65 Å². The second-order valence-electron chi connectivity index (χ2n) is 4.48. The molecular weight excluding hydrogens is 246 g/mol. The predicted molar refractivity (Wildman–Crippen MR) is 76.1 cm³/mol. The van der Waals surface area contributed by atoms with Gasteiger partial charge in [0.2, 0.25) is 0 Å². The summed E-state index contributed by atoms with van der Waals surface area (Å²) in [6.45, 7) is 1.90. The van der Waals surface area contributed by atoms with Crippen LogP contribution in [0.1, 0.15) is 31.4 Å². The zero-order valence-electron chi connectivity index (χ0n) is 10.6. The average molecular weight is 266 g/mol. The Labute approximate surface area is 113 Å². The van der Waals surface area contributed by atoms with Crippen molar-refractivity contribution in [2.24, 2.45) is 0 Å². The Bertz CT molecular complexity index is 434. The minimum Gasteiger partial charge on any atom is -0.311 e. The topological polar surface area (TPSA) is 29.3 Å². The summed E-state index contributed by atoms with van der Waals surface area (Å²) in [4.78, 5) is 4.54. The van der Waals surface area contributed by atoms with E-state index in [-0.39, 0.29) is 0 Å². The van der Waals surface area contributed by atoms with Crippen LogP contribution >= 0.6 is 11.6 Å². The third-order valence-corrected chi connectivity index (χ3v) is 3.22. The molecule has 0 aliphatic rings. The van der Waals surface area contributed by atoms with Crippen molar-refractivity contribution in [3.63, 3.8) is 0 Å². The predicted octanol–water partition coefficient (Wildman–Crippen LogP) is 3.22. The lowest BCUT2D eigenvalue weighted by Crippen LogP contribution is -2.14. The van der Waals surface area contributed by atoms with Crippen molar-refractivity contribution in [1.29, 1.82) is 0 Å². The molecule has 0 bridgehead atoms. The highest BCUT2D eigenvalue weighted by Gasteiger charge is 1.99. The van der Waals surface area contributed by atoms with Crippen LogP contribution in [0.2, 0.25) is 0 Å². The molecule has 4 heteroatoms. The summed E-state index contributed by atoms with van der Waals surface area (Å²) < 4.78 is 2.05. The van der Waals surface area contributed by atoms with Gasteiger partial charge in [0, 0.05) is 24.8 Å². The number of pyridine rings is 1. The number of hydrogen-bond donors (Lipinski definition) is 1. The molecule has 0 aliphatic carbocycles. The van der Waals surface area contributed by atoms with E-state index in [4.69, 9.17) is 11.6 Å². The fourth-order valence-corrected chi connectivity index (χ4v) is 2.18. The van der Waals surface area contributed by atoms with Crippen LogP contribution in [0.4, 0.5) is 0 Å². The summed E-state index contributed by atoms with van der Waals surface area (Å²) in [6, 6.07) is 6.05. The van der Waals surface area contributed by atoms with Gasteiger partial charge >= 0.3 is 0 Å². The number of nitrogens with one attached hydrogen (secondary N) is 1. The van der Waals surface area contributed by atoms with Crippen molar-refractivity contribution in [2.45, 2.75) is 32.2 Å². The molecule has 3 nitrogen and oxygen atoms in total. The van der Waals surface area contributed by atoms with E-state index in [2.05, 4.69) is 20.9 Å². The fourth-order valence-electron chi connectivity index (χ4n) is 1.99. The molecular formula is C14H20ClN3. The van der Waals surface area contributed by atoms with E-state index >= 15 is 0 Å². The largest absolute Gasteiger partial charge is 0.311 e. The first-order chi connectivity index (χ1) is 8.90. The molecule has 0 spiro atoms. The maximum Gasteiger partial charge on any atom is 0.137 e. The molecule has 0 saturated carbocycles. The van der Waals surface area contributed by atoms with Gasteiger partial charge in [0.15, 0.2) is 0 Å². The normalized spacial score (nSPS) is 11.2. The van der Waals surface area contributed by atoms with Gasteiger partial charge in [-0.25, -0.2) is 4.98 Å². The summed E-state index contributed by atoms with van der Waals surface area (Å²) in [7, 11) is 0. The molecule has 0 aromatic carbocycles. The Balaban J connectivity index is 1.67. The Morgan fingerprint density at radius 1 is 1.17 bits per heavy atom. The van der Waals surface area contributed by atoms with Crippen molar-refractivity contribution >= 4 is 17.2 Å². The molecule has 0 aliphatic heterocycles. The van der Waals surface area contributed by atoms with Gasteiger partial charge in [-0.15, -0.1) is 11.6 Å². The highest BCUT2D eigenvalue weighted by Crippen LogP contribution is 2.04. The van der Waals surface area contributed by atoms with Crippen LogP contribution in [0.25, 0.3) is 5.65 Å². The Kier molecular flexibility index (Phi) is 5.49. The highest BCUT2D eigenvalue weighted by molar-refractivity contribution is 6.17. The van der Waals surface area contributed by atoms with Crippen LogP contribution in [-0.2, 0) is 6.54 Å². The van der Waals surface area contributed by atoms with Crippen LogP contribution in [0.3, 0.4) is 0 Å². The lowest BCUT2D eigenvalue weighted by molar-refractivity contribution is 0.595. The van der Waals surface area contributed by atoms with Gasteiger partial charge in [-0.1, -0.05) is 18.9 Å². The molecule has 98 valence electrons. The van der Waals surface area contributed by atoms with E-state index in [1.165, 1.54) is 19.3 Å². The monoisotopic (exact) mass is 265 g/mol. The van der Waals surface area contributed by atoms with Gasteiger partial charge in [0.25, 0.3) is 0 Å². The maximum atomic E-state index is 5.63. The Morgan fingerprint density at radius 2 is 2.06 bits per heavy atom. The number of nitrogens with zero attached hydrogens (tertiary/aromatic N) is 2. The third kappa shape index (κ3) is 4.00. The quantitative estimate of drug-likeness (QED) is 0.587. The molecule has 0 atom stereocenters. The highest BCUT2D eigenvalue weighted by atomic mass is 35.5. The molecule has 0 unspecified atom stereocenters. The van der Waals surface area contributed by atoms with E-state index < -0.39 is 0 Å². The van der Waals surface area contributed by atoms with Crippen molar-refractivity contribution in [3.8, 4) is 0 Å². The van der Waals surface area contributed by atoms with Gasteiger partial charge in [-0.2, -0.15) is 0 Å². The minimum absolute atomic E-state index is 0.786. The van der Waals surface area contributed by atoms with Crippen molar-refractivity contribution in [2.75, 3.05) is 12.4 Å². The van der Waals surface area contributed by atoms with Crippen LogP contribution in [0, 0.1) is 0 Å². The minimum atomic E-state index is 0.786. The molecule has 2 heterocycles. The van der Waals surface area contributed by atoms with E-state index in [9.17, 15) is 0 Å². The molecule has 0 radical (unpaired) electrons. The van der Waals surface area contributed by atoms with E-state index in [1.807, 2.05) is 24.4 Å². The third-order valence-electron chi connectivity index (χ3n) is 2.96. The number of unbranched alkanes of at least 4 members (excludes halogenated alkanes) is 3. The summed E-state index contributed by atoms with van der Waals surface area (Å²) >= 11 is 5.63. The molecule has 2 aromatic heterocycles. The van der Waals surface area contributed by atoms with Crippen LogP contribution in [0.5, 0.6) is 0 Å². The number of halogens is 1. The van der Waals surface area contributed by atoms with Gasteiger partial charge in [0.05, 0.1) is 5.69 Å². The van der Waals surface area contributed by atoms with Crippen LogP contribution in [-0.4, -0.2) is 21.8 Å². The molecule has 0 amide bonds. The molecule has 2 rings (SSSR count). The first-order valence-corrected chi connectivity index (χ1v) is 7.13. The zero-order valence-corrected chi connectivity index (χ0v) is 11.4. The number of aromatic nitrogens is 2. The second-order valence-corrected chi connectivity index (χ2v) is 4.86. The smallest absolute Gasteiger partial charge is 0.137 e.